The lowest BCUT2D eigenvalue weighted by Crippen LogP contribution is -2.30. The van der Waals surface area contributed by atoms with Crippen molar-refractivity contribution in [2.75, 3.05) is 13.2 Å². The molecule has 0 aromatic carbocycles. The van der Waals surface area contributed by atoms with Crippen molar-refractivity contribution >= 4 is 17.9 Å². The van der Waals surface area contributed by atoms with E-state index in [1.54, 1.807) is 0 Å². The van der Waals surface area contributed by atoms with E-state index in [1.165, 1.54) is 25.7 Å². The monoisotopic (exact) mass is 1110 g/mol. The van der Waals surface area contributed by atoms with Crippen molar-refractivity contribution in [2.24, 2.45) is 0 Å². The molecule has 0 aromatic rings. The first kappa shape index (κ1) is 75.5. The van der Waals surface area contributed by atoms with E-state index in [4.69, 9.17) is 14.2 Å². The fraction of sp³-hybridized carbons (Fsp3) is 0.560. The van der Waals surface area contributed by atoms with Crippen LogP contribution in [-0.2, 0) is 28.6 Å². The lowest BCUT2D eigenvalue weighted by Gasteiger charge is -2.18. The molecule has 0 aliphatic rings. The van der Waals surface area contributed by atoms with Gasteiger partial charge in [0.05, 0.1) is 0 Å². The molecule has 0 heterocycles. The Labute approximate surface area is 497 Å². The van der Waals surface area contributed by atoms with Gasteiger partial charge < -0.3 is 14.2 Å². The molecule has 1 unspecified atom stereocenters. The first-order chi connectivity index (χ1) is 40.0. The van der Waals surface area contributed by atoms with Gasteiger partial charge in [0, 0.05) is 19.3 Å². The maximum absolute atomic E-state index is 12.9. The van der Waals surface area contributed by atoms with Crippen LogP contribution in [0.25, 0.3) is 0 Å². The second-order valence-electron chi connectivity index (χ2n) is 20.5. The quantitative estimate of drug-likeness (QED) is 0.0261. The maximum Gasteiger partial charge on any atom is 0.306 e. The molecule has 0 bridgehead atoms. The summed E-state index contributed by atoms with van der Waals surface area (Å²) in [6, 6.07) is 0. The molecule has 0 fully saturated rings. The summed E-state index contributed by atoms with van der Waals surface area (Å²) < 4.78 is 16.8. The van der Waals surface area contributed by atoms with Crippen LogP contribution in [0.2, 0.25) is 0 Å². The second-order valence-corrected chi connectivity index (χ2v) is 20.5. The summed E-state index contributed by atoms with van der Waals surface area (Å²) in [6.07, 6.45) is 100. The molecule has 0 saturated carbocycles. The summed E-state index contributed by atoms with van der Waals surface area (Å²) in [5.41, 5.74) is 0. The molecule has 0 radical (unpaired) electrons. The van der Waals surface area contributed by atoms with E-state index in [1.807, 2.05) is 0 Å². The van der Waals surface area contributed by atoms with Crippen LogP contribution in [0.15, 0.2) is 182 Å². The van der Waals surface area contributed by atoms with Crippen LogP contribution in [-0.4, -0.2) is 37.2 Å². The van der Waals surface area contributed by atoms with Crippen LogP contribution in [0, 0.1) is 0 Å². The van der Waals surface area contributed by atoms with Crippen LogP contribution in [0.5, 0.6) is 0 Å². The zero-order valence-electron chi connectivity index (χ0n) is 51.7. The zero-order chi connectivity index (χ0) is 58.5. The molecule has 0 N–H and O–H groups in total. The highest BCUT2D eigenvalue weighted by molar-refractivity contribution is 5.71. The van der Waals surface area contributed by atoms with E-state index in [-0.39, 0.29) is 37.5 Å². The van der Waals surface area contributed by atoms with Gasteiger partial charge >= 0.3 is 17.9 Å². The zero-order valence-corrected chi connectivity index (χ0v) is 51.7. The first-order valence-electron chi connectivity index (χ1n) is 32.3. The fourth-order valence-corrected chi connectivity index (χ4v) is 8.11. The molecule has 1 atom stereocenters. The number of ether oxygens (including phenoxy) is 3. The molecular weight excluding hydrogens is 997 g/mol. The van der Waals surface area contributed by atoms with E-state index in [0.717, 1.165) is 180 Å². The normalized spacial score (nSPS) is 13.4. The average molecular weight is 1110 g/mol. The smallest absolute Gasteiger partial charge is 0.306 e. The molecule has 0 rings (SSSR count). The molecule has 0 spiro atoms. The van der Waals surface area contributed by atoms with Gasteiger partial charge in [-0.2, -0.15) is 0 Å². The molecular formula is C75H116O6. The van der Waals surface area contributed by atoms with Gasteiger partial charge in [-0.3, -0.25) is 14.4 Å². The third-order valence-corrected chi connectivity index (χ3v) is 12.9. The van der Waals surface area contributed by atoms with Gasteiger partial charge in [0.1, 0.15) is 13.2 Å². The number of carbonyl (C=O) groups is 3. The summed E-state index contributed by atoms with van der Waals surface area (Å²) in [6.45, 7) is 6.28. The Bertz CT molecular complexity index is 1900. The minimum absolute atomic E-state index is 0.112. The maximum atomic E-state index is 12.9. The van der Waals surface area contributed by atoms with Crippen molar-refractivity contribution in [1.82, 2.24) is 0 Å². The van der Waals surface area contributed by atoms with Crippen LogP contribution in [0.1, 0.15) is 252 Å². The standard InChI is InChI=1S/C75H116O6/c1-4-7-10-13-16-19-22-25-27-29-30-31-32-33-34-35-36-37-38-39-40-41-42-43-44-46-47-50-53-56-59-62-65-68-74(77)80-71-72(70-79-73(76)67-64-61-58-55-52-49-24-21-18-15-12-9-6-3)81-75(78)69-66-63-60-57-54-51-48-45-28-26-23-20-17-14-11-8-5-2/h7-8,10-12,15-17,19-21,24-28,30-31,33-34,36-37,39-40,42-43,46-47,53,56,72H,4-6,9,13-14,18,22-23,29,32,35,38,41,44-45,48-52,54-55,57-71H2,1-3H3/b10-7-,11-8-,15-12-,19-16-,20-17-,24-21-,27-25-,28-26-,31-30-,34-33-,37-36-,40-39-,43-42-,47-46-,56-53-. The van der Waals surface area contributed by atoms with Gasteiger partial charge in [-0.25, -0.2) is 0 Å². The fourth-order valence-electron chi connectivity index (χ4n) is 8.11. The summed E-state index contributed by atoms with van der Waals surface area (Å²) in [7, 11) is 0. The Morgan fingerprint density at radius 3 is 0.778 bits per heavy atom. The second kappa shape index (κ2) is 67.0. The molecule has 81 heavy (non-hydrogen) atoms. The largest absolute Gasteiger partial charge is 0.462 e. The SMILES string of the molecule is CC/C=C\C/C=C\C/C=C\C/C=C\C/C=C\C/C=C\C/C=C\C/C=C\C/C=C\C/C=C\CCCCC(=O)OCC(COC(=O)CCCCCCC/C=C\C/C=C\CCC)OC(=O)CCCCCCCCC/C=C\C/C=C\C/C=C\CC. The number of allylic oxidation sites excluding steroid dienone is 30. The minimum atomic E-state index is -0.818. The Morgan fingerprint density at radius 2 is 0.481 bits per heavy atom. The van der Waals surface area contributed by atoms with Crippen LogP contribution < -0.4 is 0 Å². The van der Waals surface area contributed by atoms with E-state index in [9.17, 15) is 14.4 Å². The van der Waals surface area contributed by atoms with Gasteiger partial charge in [-0.1, -0.05) is 261 Å². The topological polar surface area (TPSA) is 78.9 Å². The van der Waals surface area contributed by atoms with Crippen molar-refractivity contribution in [1.29, 1.82) is 0 Å². The summed E-state index contributed by atoms with van der Waals surface area (Å²) in [5.74, 6) is -0.988. The Morgan fingerprint density at radius 1 is 0.259 bits per heavy atom. The number of carbonyl (C=O) groups excluding carboxylic acids is 3. The van der Waals surface area contributed by atoms with Crippen molar-refractivity contribution in [3.8, 4) is 0 Å². The molecule has 6 nitrogen and oxygen atoms in total. The van der Waals surface area contributed by atoms with E-state index < -0.39 is 6.10 Å². The molecule has 0 aliphatic heterocycles. The third kappa shape index (κ3) is 65.2. The van der Waals surface area contributed by atoms with Gasteiger partial charge in [0.25, 0.3) is 0 Å². The van der Waals surface area contributed by atoms with Gasteiger partial charge in [0.15, 0.2) is 6.10 Å². The van der Waals surface area contributed by atoms with Crippen molar-refractivity contribution < 1.29 is 28.6 Å². The number of hydrogen-bond acceptors (Lipinski definition) is 6. The van der Waals surface area contributed by atoms with Crippen LogP contribution in [0.4, 0.5) is 0 Å². The van der Waals surface area contributed by atoms with Crippen molar-refractivity contribution in [3.05, 3.63) is 182 Å². The highest BCUT2D eigenvalue weighted by Crippen LogP contribution is 2.14. The van der Waals surface area contributed by atoms with E-state index >= 15 is 0 Å². The number of rotatable bonds is 56. The van der Waals surface area contributed by atoms with Crippen LogP contribution in [0.3, 0.4) is 0 Å². The summed E-state index contributed by atoms with van der Waals surface area (Å²) in [5, 5.41) is 0. The summed E-state index contributed by atoms with van der Waals surface area (Å²) in [4.78, 5) is 38.3. The van der Waals surface area contributed by atoms with Gasteiger partial charge in [0.2, 0.25) is 0 Å². The van der Waals surface area contributed by atoms with Gasteiger partial charge in [-0.15, -0.1) is 0 Å². The van der Waals surface area contributed by atoms with Crippen molar-refractivity contribution in [3.63, 3.8) is 0 Å². The number of esters is 3. The molecule has 0 amide bonds. The van der Waals surface area contributed by atoms with E-state index in [2.05, 4.69) is 203 Å². The van der Waals surface area contributed by atoms with Gasteiger partial charge in [-0.05, 0) is 154 Å². The molecule has 452 valence electrons. The highest BCUT2D eigenvalue weighted by atomic mass is 16.6. The lowest BCUT2D eigenvalue weighted by molar-refractivity contribution is -0.167. The number of hydrogen-bond donors (Lipinski definition) is 0. The Hall–Kier alpha value is -5.49. The Balaban J connectivity index is 4.42. The molecule has 0 saturated heterocycles. The summed E-state index contributed by atoms with van der Waals surface area (Å²) >= 11 is 0. The molecule has 0 aromatic heterocycles. The molecule has 6 heteroatoms. The first-order valence-corrected chi connectivity index (χ1v) is 32.3. The van der Waals surface area contributed by atoms with Crippen LogP contribution >= 0.6 is 0 Å². The molecule has 0 aliphatic carbocycles. The average Bonchev–Trinajstić information content (AvgIpc) is 3.46. The predicted molar refractivity (Wildman–Crippen MR) is 352 cm³/mol. The van der Waals surface area contributed by atoms with Crippen molar-refractivity contribution in [2.45, 2.75) is 258 Å². The lowest BCUT2D eigenvalue weighted by atomic mass is 10.1. The predicted octanol–water partition coefficient (Wildman–Crippen LogP) is 22.4. The Kier molecular flexibility index (Phi) is 62.5. The van der Waals surface area contributed by atoms with E-state index in [0.29, 0.717) is 19.3 Å². The highest BCUT2D eigenvalue weighted by Gasteiger charge is 2.19. The minimum Gasteiger partial charge on any atom is -0.462 e. The number of unbranched alkanes of at least 4 members (excludes halogenated alkanes) is 15. The third-order valence-electron chi connectivity index (χ3n) is 12.9.